The Kier molecular flexibility index (Phi) is 4.87. The zero-order chi connectivity index (χ0) is 16.1. The highest BCUT2D eigenvalue weighted by Gasteiger charge is 2.14. The second kappa shape index (κ2) is 6.83. The van der Waals surface area contributed by atoms with E-state index in [0.29, 0.717) is 13.1 Å². The number of ether oxygens (including phenoxy) is 2. The van der Waals surface area contributed by atoms with E-state index < -0.39 is 11.9 Å². The zero-order valence-electron chi connectivity index (χ0n) is 12.6. The average molecular weight is 307 g/mol. The Labute approximate surface area is 126 Å². The first-order chi connectivity index (χ1) is 10.5. The number of esters is 2. The largest absolute Gasteiger partial charge is 0.464 e. The van der Waals surface area contributed by atoms with E-state index >= 15 is 0 Å². The van der Waals surface area contributed by atoms with E-state index in [1.807, 2.05) is 6.92 Å². The van der Waals surface area contributed by atoms with Gasteiger partial charge < -0.3 is 9.47 Å². The lowest BCUT2D eigenvalue weighted by atomic mass is 10.4. The van der Waals surface area contributed by atoms with Crippen LogP contribution < -0.4 is 0 Å². The van der Waals surface area contributed by atoms with Crippen LogP contribution in [0.5, 0.6) is 0 Å². The molecule has 2 rings (SSSR count). The lowest BCUT2D eigenvalue weighted by Gasteiger charge is -2.03. The second-order valence-electron chi connectivity index (χ2n) is 4.43. The summed E-state index contributed by atoms with van der Waals surface area (Å²) in [6, 6.07) is 1.65. The fourth-order valence-electron chi connectivity index (χ4n) is 1.83. The highest BCUT2D eigenvalue weighted by Crippen LogP contribution is 2.05. The molecule has 0 spiro atoms. The Bertz CT molecular complexity index is 676. The fraction of sp³-hybridized carbons (Fsp3) is 0.462. The van der Waals surface area contributed by atoms with E-state index in [-0.39, 0.29) is 18.0 Å². The molecule has 0 radical (unpaired) electrons. The summed E-state index contributed by atoms with van der Waals surface area (Å²) in [4.78, 5) is 24.3. The zero-order valence-corrected chi connectivity index (χ0v) is 12.6. The number of nitrogens with zero attached hydrogens (tertiary/aromatic N) is 5. The van der Waals surface area contributed by atoms with Crippen LogP contribution in [0.1, 0.15) is 33.6 Å². The lowest BCUT2D eigenvalue weighted by Crippen LogP contribution is -2.14. The quantitative estimate of drug-likeness (QED) is 0.714. The van der Waals surface area contributed by atoms with Crippen LogP contribution in [-0.2, 0) is 22.6 Å². The number of methoxy groups -OCH3 is 1. The van der Waals surface area contributed by atoms with Crippen LogP contribution in [0.4, 0.5) is 0 Å². The first-order valence-electron chi connectivity index (χ1n) is 6.75. The van der Waals surface area contributed by atoms with Crippen molar-refractivity contribution in [3.05, 3.63) is 29.3 Å². The highest BCUT2D eigenvalue weighted by molar-refractivity contribution is 5.87. The Morgan fingerprint density at radius 3 is 2.64 bits per heavy atom. The number of carbonyl (C=O) groups excluding carboxylic acids is 2. The summed E-state index contributed by atoms with van der Waals surface area (Å²) in [5, 5.41) is 12.2. The van der Waals surface area contributed by atoms with Gasteiger partial charge in [0.05, 0.1) is 33.0 Å². The van der Waals surface area contributed by atoms with Crippen molar-refractivity contribution in [1.82, 2.24) is 24.8 Å². The van der Waals surface area contributed by atoms with Gasteiger partial charge in [-0.1, -0.05) is 0 Å². The first kappa shape index (κ1) is 15.7. The van der Waals surface area contributed by atoms with Crippen molar-refractivity contribution >= 4 is 11.9 Å². The molecule has 0 aliphatic rings. The lowest BCUT2D eigenvalue weighted by molar-refractivity contribution is 0.0517. The van der Waals surface area contributed by atoms with Crippen molar-refractivity contribution in [3.8, 4) is 0 Å². The summed E-state index contributed by atoms with van der Waals surface area (Å²) in [6.45, 7) is 4.71. The molecule has 0 saturated carbocycles. The molecule has 0 amide bonds. The van der Waals surface area contributed by atoms with Gasteiger partial charge in [0, 0.05) is 5.69 Å². The van der Waals surface area contributed by atoms with Crippen LogP contribution in [0.15, 0.2) is 12.3 Å². The number of rotatable bonds is 6. The molecule has 0 fully saturated rings. The van der Waals surface area contributed by atoms with Crippen molar-refractivity contribution in [1.29, 1.82) is 0 Å². The van der Waals surface area contributed by atoms with Crippen molar-refractivity contribution in [2.24, 2.45) is 0 Å². The maximum Gasteiger partial charge on any atom is 0.360 e. The molecule has 0 aliphatic carbocycles. The second-order valence-corrected chi connectivity index (χ2v) is 4.43. The summed E-state index contributed by atoms with van der Waals surface area (Å²) >= 11 is 0. The molecule has 0 aromatic carbocycles. The van der Waals surface area contributed by atoms with Crippen LogP contribution in [0.25, 0.3) is 0 Å². The number of aryl methyl sites for hydroxylation is 3. The molecular weight excluding hydrogens is 290 g/mol. The highest BCUT2D eigenvalue weighted by atomic mass is 16.5. The van der Waals surface area contributed by atoms with E-state index in [0.717, 1.165) is 5.69 Å². The number of aromatic nitrogens is 5. The Morgan fingerprint density at radius 2 is 1.95 bits per heavy atom. The predicted octanol–water partition coefficient (Wildman–Crippen LogP) is 0.447. The van der Waals surface area contributed by atoms with Gasteiger partial charge >= 0.3 is 11.9 Å². The van der Waals surface area contributed by atoms with Gasteiger partial charge in [-0.05, 0) is 19.9 Å². The number of hydrogen-bond acceptors (Lipinski definition) is 7. The smallest absolute Gasteiger partial charge is 0.360 e. The maximum atomic E-state index is 11.5. The molecule has 2 aromatic heterocycles. The molecule has 0 unspecified atom stereocenters. The Balaban J connectivity index is 2.00. The monoisotopic (exact) mass is 307 g/mol. The molecule has 9 nitrogen and oxygen atoms in total. The van der Waals surface area contributed by atoms with Crippen LogP contribution >= 0.6 is 0 Å². The first-order valence-corrected chi connectivity index (χ1v) is 6.75. The van der Waals surface area contributed by atoms with Gasteiger partial charge in [-0.2, -0.15) is 15.0 Å². The molecule has 0 atom stereocenters. The molecule has 0 saturated heterocycles. The maximum absolute atomic E-state index is 11.5. The van der Waals surface area contributed by atoms with Crippen LogP contribution in [0.2, 0.25) is 0 Å². The summed E-state index contributed by atoms with van der Waals surface area (Å²) in [7, 11) is 1.31. The van der Waals surface area contributed by atoms with Crippen LogP contribution in [0, 0.1) is 6.92 Å². The SMILES string of the molecule is CCOC(=O)c1cnn(CCn2nc(C(=O)OC)cc2C)n1. The van der Waals surface area contributed by atoms with Crippen molar-refractivity contribution in [3.63, 3.8) is 0 Å². The van der Waals surface area contributed by atoms with Gasteiger partial charge in [0.15, 0.2) is 11.4 Å². The van der Waals surface area contributed by atoms with Crippen LogP contribution in [0.3, 0.4) is 0 Å². The third-order valence-corrected chi connectivity index (χ3v) is 2.91. The van der Waals surface area contributed by atoms with Crippen molar-refractivity contribution < 1.29 is 19.1 Å². The van der Waals surface area contributed by atoms with E-state index in [1.54, 1.807) is 17.7 Å². The van der Waals surface area contributed by atoms with Gasteiger partial charge in [0.25, 0.3) is 0 Å². The third kappa shape index (κ3) is 3.48. The molecule has 0 bridgehead atoms. The topological polar surface area (TPSA) is 101 Å². The average Bonchev–Trinajstić information content (AvgIpc) is 3.11. The molecule has 22 heavy (non-hydrogen) atoms. The van der Waals surface area contributed by atoms with E-state index in [4.69, 9.17) is 4.74 Å². The fourth-order valence-corrected chi connectivity index (χ4v) is 1.83. The van der Waals surface area contributed by atoms with Gasteiger partial charge in [-0.25, -0.2) is 9.59 Å². The van der Waals surface area contributed by atoms with E-state index in [9.17, 15) is 9.59 Å². The molecule has 118 valence electrons. The predicted molar refractivity (Wildman–Crippen MR) is 74.3 cm³/mol. The summed E-state index contributed by atoms with van der Waals surface area (Å²) < 4.78 is 11.1. The van der Waals surface area contributed by atoms with Crippen molar-refractivity contribution in [2.45, 2.75) is 26.9 Å². The number of carbonyl (C=O) groups is 2. The Hall–Kier alpha value is -2.71. The minimum atomic E-state index is -0.503. The third-order valence-electron chi connectivity index (χ3n) is 2.91. The van der Waals surface area contributed by atoms with Gasteiger partial charge in [0.1, 0.15) is 0 Å². The van der Waals surface area contributed by atoms with E-state index in [2.05, 4.69) is 20.0 Å². The van der Waals surface area contributed by atoms with Gasteiger partial charge in [-0.3, -0.25) is 4.68 Å². The summed E-state index contributed by atoms with van der Waals surface area (Å²) in [6.07, 6.45) is 1.35. The molecule has 2 heterocycles. The molecule has 2 aromatic rings. The summed E-state index contributed by atoms with van der Waals surface area (Å²) in [5.41, 5.74) is 1.23. The number of hydrogen-bond donors (Lipinski definition) is 0. The Morgan fingerprint density at radius 1 is 1.18 bits per heavy atom. The van der Waals surface area contributed by atoms with Crippen LogP contribution in [-0.4, -0.2) is 50.4 Å². The molecule has 0 aliphatic heterocycles. The minimum Gasteiger partial charge on any atom is -0.464 e. The summed E-state index contributed by atoms with van der Waals surface area (Å²) in [5.74, 6) is -0.986. The van der Waals surface area contributed by atoms with E-state index in [1.165, 1.54) is 18.1 Å². The molecule has 0 N–H and O–H groups in total. The normalized spacial score (nSPS) is 10.5. The van der Waals surface area contributed by atoms with Gasteiger partial charge in [-0.15, -0.1) is 5.10 Å². The standard InChI is InChI=1S/C13H17N5O4/c1-4-22-13(20)11-8-14-18(16-11)6-5-17-9(2)7-10(15-17)12(19)21-3/h7-8H,4-6H2,1-3H3. The van der Waals surface area contributed by atoms with Gasteiger partial charge in [0.2, 0.25) is 0 Å². The van der Waals surface area contributed by atoms with Crippen molar-refractivity contribution in [2.75, 3.05) is 13.7 Å². The molecule has 9 heteroatoms. The molecular formula is C13H17N5O4. The minimum absolute atomic E-state index is 0.161.